The fourth-order valence-electron chi connectivity index (χ4n) is 2.72. The average Bonchev–Trinajstić information content (AvgIpc) is 2.70. The van der Waals surface area contributed by atoms with Crippen LogP contribution in [0.1, 0.15) is 23.0 Å². The zero-order valence-corrected chi connectivity index (χ0v) is 12.3. The third-order valence-corrected chi connectivity index (χ3v) is 3.67. The molecule has 0 bridgehead atoms. The molecule has 2 aromatic rings. The highest BCUT2D eigenvalue weighted by molar-refractivity contribution is 6.05. The molecule has 2 aromatic heterocycles. The Hall–Kier alpha value is -2.15. The number of fused-ring (bicyclic) bond motifs is 1. The van der Waals surface area contributed by atoms with Crippen molar-refractivity contribution in [1.29, 1.82) is 0 Å². The molecule has 0 atom stereocenters. The van der Waals surface area contributed by atoms with E-state index >= 15 is 0 Å². The normalized spacial score (nSPS) is 15.3. The minimum atomic E-state index is -0.397. The van der Waals surface area contributed by atoms with E-state index in [1.54, 1.807) is 11.6 Å². The van der Waals surface area contributed by atoms with E-state index in [-0.39, 0.29) is 6.10 Å². The summed E-state index contributed by atoms with van der Waals surface area (Å²) in [7, 11) is 1.82. The van der Waals surface area contributed by atoms with Gasteiger partial charge in [0.2, 0.25) is 0 Å². The summed E-state index contributed by atoms with van der Waals surface area (Å²) < 4.78 is 6.81. The minimum Gasteiger partial charge on any atom is -0.462 e. The molecule has 0 aliphatic carbocycles. The molecule has 0 unspecified atom stereocenters. The molecular weight excluding hydrogens is 272 g/mol. The quantitative estimate of drug-likeness (QED) is 0.835. The molecule has 0 saturated carbocycles. The van der Waals surface area contributed by atoms with Crippen LogP contribution in [0.15, 0.2) is 6.20 Å². The number of hydrogen-bond acceptors (Lipinski definition) is 6. The van der Waals surface area contributed by atoms with Gasteiger partial charge in [0.25, 0.3) is 0 Å². The van der Waals surface area contributed by atoms with E-state index in [0.29, 0.717) is 25.3 Å². The predicted octanol–water partition coefficient (Wildman–Crippen LogP) is 0.634. The van der Waals surface area contributed by atoms with E-state index in [1.165, 1.54) is 6.20 Å². The smallest absolute Gasteiger partial charge is 0.341 e. The first-order chi connectivity index (χ1) is 10.0. The van der Waals surface area contributed by atoms with Crippen LogP contribution in [0.4, 0.5) is 5.69 Å². The number of pyridine rings is 1. The molecule has 3 rings (SSSR count). The van der Waals surface area contributed by atoms with Crippen LogP contribution in [0.25, 0.3) is 11.0 Å². The molecule has 1 N–H and O–H groups in total. The second-order valence-electron chi connectivity index (χ2n) is 5.21. The lowest BCUT2D eigenvalue weighted by Crippen LogP contribution is -2.51. The van der Waals surface area contributed by atoms with Crippen molar-refractivity contribution >= 4 is 22.7 Å². The number of nitrogens with zero attached hydrogens (tertiary/aromatic N) is 4. The Morgan fingerprint density at radius 1 is 1.52 bits per heavy atom. The maximum atomic E-state index is 12.2. The Kier molecular flexibility index (Phi) is 3.29. The number of carbonyl (C=O) groups is 1. The highest BCUT2D eigenvalue weighted by Crippen LogP contribution is 2.34. The van der Waals surface area contributed by atoms with Crippen molar-refractivity contribution in [3.05, 3.63) is 17.5 Å². The molecular formula is C14H18N4O3. The topological polar surface area (TPSA) is 80.5 Å². The first-order valence-corrected chi connectivity index (χ1v) is 6.95. The number of esters is 1. The minimum absolute atomic E-state index is 0.310. The fraction of sp³-hybridized carbons (Fsp3) is 0.500. The highest BCUT2D eigenvalue weighted by Gasteiger charge is 2.31. The Bertz CT molecular complexity index is 704. The van der Waals surface area contributed by atoms with Gasteiger partial charge in [-0.05, 0) is 13.8 Å². The van der Waals surface area contributed by atoms with Crippen LogP contribution in [-0.2, 0) is 11.8 Å². The summed E-state index contributed by atoms with van der Waals surface area (Å²) in [5, 5.41) is 14.8. The van der Waals surface area contributed by atoms with Gasteiger partial charge in [0.05, 0.1) is 29.5 Å². The average molecular weight is 290 g/mol. The Balaban J connectivity index is 2.20. The number of aromatic nitrogens is 3. The summed E-state index contributed by atoms with van der Waals surface area (Å²) >= 11 is 0. The molecule has 112 valence electrons. The van der Waals surface area contributed by atoms with Crippen molar-refractivity contribution < 1.29 is 14.6 Å². The van der Waals surface area contributed by atoms with Gasteiger partial charge in [-0.2, -0.15) is 5.10 Å². The molecule has 1 fully saturated rings. The van der Waals surface area contributed by atoms with Gasteiger partial charge in [0, 0.05) is 26.3 Å². The van der Waals surface area contributed by atoms with Crippen molar-refractivity contribution in [3.8, 4) is 0 Å². The first kappa shape index (κ1) is 13.8. The van der Waals surface area contributed by atoms with Crippen LogP contribution < -0.4 is 4.90 Å². The van der Waals surface area contributed by atoms with Gasteiger partial charge >= 0.3 is 5.97 Å². The predicted molar refractivity (Wildman–Crippen MR) is 77.4 cm³/mol. The molecule has 1 aliphatic rings. The number of aliphatic hydroxyl groups is 1. The third kappa shape index (κ3) is 2.13. The Labute approximate surface area is 122 Å². The number of rotatable bonds is 3. The molecule has 1 aliphatic heterocycles. The number of hydrogen-bond donors (Lipinski definition) is 1. The van der Waals surface area contributed by atoms with Crippen LogP contribution in [0.2, 0.25) is 0 Å². The molecule has 7 heteroatoms. The molecule has 1 saturated heterocycles. The van der Waals surface area contributed by atoms with Crippen molar-refractivity contribution in [1.82, 2.24) is 14.8 Å². The second-order valence-corrected chi connectivity index (χ2v) is 5.21. The van der Waals surface area contributed by atoms with Gasteiger partial charge in [0.15, 0.2) is 5.65 Å². The molecule has 0 spiro atoms. The maximum Gasteiger partial charge on any atom is 0.341 e. The van der Waals surface area contributed by atoms with E-state index in [1.807, 2.05) is 18.9 Å². The largest absolute Gasteiger partial charge is 0.462 e. The second kappa shape index (κ2) is 5.00. The maximum absolute atomic E-state index is 12.2. The number of aliphatic hydroxyl groups excluding tert-OH is 1. The van der Waals surface area contributed by atoms with Crippen molar-refractivity contribution in [3.63, 3.8) is 0 Å². The third-order valence-electron chi connectivity index (χ3n) is 3.67. The zero-order chi connectivity index (χ0) is 15.1. The molecule has 0 aromatic carbocycles. The molecule has 7 nitrogen and oxygen atoms in total. The van der Waals surface area contributed by atoms with E-state index in [4.69, 9.17) is 4.74 Å². The van der Waals surface area contributed by atoms with Crippen molar-refractivity contribution in [2.75, 3.05) is 24.6 Å². The summed E-state index contributed by atoms with van der Waals surface area (Å²) in [4.78, 5) is 18.5. The van der Waals surface area contributed by atoms with Crippen molar-refractivity contribution in [2.45, 2.75) is 20.0 Å². The molecule has 0 radical (unpaired) electrons. The van der Waals surface area contributed by atoms with Gasteiger partial charge in [-0.25, -0.2) is 9.78 Å². The number of carbonyl (C=O) groups excluding carboxylic acids is 1. The lowest BCUT2D eigenvalue weighted by molar-refractivity contribution is 0.0525. The summed E-state index contributed by atoms with van der Waals surface area (Å²) in [6, 6.07) is 0. The molecule has 3 heterocycles. The number of ether oxygens (including phenoxy) is 1. The van der Waals surface area contributed by atoms with Crippen LogP contribution in [0.3, 0.4) is 0 Å². The molecule has 21 heavy (non-hydrogen) atoms. The summed E-state index contributed by atoms with van der Waals surface area (Å²) in [5.41, 5.74) is 2.71. The number of anilines is 1. The molecule has 0 amide bonds. The summed E-state index contributed by atoms with van der Waals surface area (Å²) in [6.07, 6.45) is 1.17. The van der Waals surface area contributed by atoms with Crippen molar-refractivity contribution in [2.24, 2.45) is 7.05 Å². The Morgan fingerprint density at radius 3 is 2.86 bits per heavy atom. The number of β-amino-alcohol motifs (C(OH)–C–C–N with tert-alkyl or cyclic N) is 1. The zero-order valence-electron chi connectivity index (χ0n) is 12.3. The lowest BCUT2D eigenvalue weighted by Gasteiger charge is -2.39. The standard InChI is InChI=1S/C14H18N4O3/c1-4-21-14(20)10-5-15-13-11(8(2)16-17(13)3)12(10)18-6-9(19)7-18/h5,9,19H,4,6-7H2,1-3H3. The highest BCUT2D eigenvalue weighted by atomic mass is 16.5. The Morgan fingerprint density at radius 2 is 2.24 bits per heavy atom. The van der Waals surface area contributed by atoms with Gasteiger partial charge in [-0.3, -0.25) is 4.68 Å². The number of aryl methyl sites for hydroxylation is 2. The van der Waals surface area contributed by atoms with E-state index in [2.05, 4.69) is 10.1 Å². The first-order valence-electron chi connectivity index (χ1n) is 6.95. The monoisotopic (exact) mass is 290 g/mol. The fourth-order valence-corrected chi connectivity index (χ4v) is 2.72. The van der Waals surface area contributed by atoms with Gasteiger partial charge < -0.3 is 14.7 Å². The van der Waals surface area contributed by atoms with E-state index in [0.717, 1.165) is 22.4 Å². The van der Waals surface area contributed by atoms with Crippen LogP contribution >= 0.6 is 0 Å². The summed E-state index contributed by atoms with van der Waals surface area (Å²) in [6.45, 7) is 4.97. The SMILES string of the molecule is CCOC(=O)c1cnc2c(c(C)nn2C)c1N1CC(O)C1. The summed E-state index contributed by atoms with van der Waals surface area (Å²) in [5.74, 6) is -0.397. The van der Waals surface area contributed by atoms with Gasteiger partial charge in [0.1, 0.15) is 5.56 Å². The van der Waals surface area contributed by atoms with Gasteiger partial charge in [-0.15, -0.1) is 0 Å². The van der Waals surface area contributed by atoms with E-state index in [9.17, 15) is 9.90 Å². The van der Waals surface area contributed by atoms with Crippen LogP contribution in [-0.4, -0.2) is 51.6 Å². The van der Waals surface area contributed by atoms with Crippen LogP contribution in [0.5, 0.6) is 0 Å². The van der Waals surface area contributed by atoms with Gasteiger partial charge in [-0.1, -0.05) is 0 Å². The van der Waals surface area contributed by atoms with E-state index < -0.39 is 5.97 Å². The van der Waals surface area contributed by atoms with Crippen LogP contribution in [0, 0.1) is 6.92 Å². The lowest BCUT2D eigenvalue weighted by atomic mass is 10.0.